The summed E-state index contributed by atoms with van der Waals surface area (Å²) in [6.45, 7) is 10.9. The quantitative estimate of drug-likeness (QED) is 0.749. The molecule has 1 aliphatic rings. The summed E-state index contributed by atoms with van der Waals surface area (Å²) < 4.78 is 5.74. The van der Waals surface area contributed by atoms with Crippen LogP contribution in [-0.4, -0.2) is 50.3 Å². The first kappa shape index (κ1) is 13.9. The maximum absolute atomic E-state index is 5.74. The van der Waals surface area contributed by atoms with Crippen LogP contribution in [0.2, 0.25) is 0 Å². The first-order chi connectivity index (χ1) is 7.37. The van der Waals surface area contributed by atoms with Crippen LogP contribution in [0.15, 0.2) is 0 Å². The van der Waals surface area contributed by atoms with E-state index >= 15 is 0 Å². The van der Waals surface area contributed by atoms with Crippen LogP contribution in [0, 0.1) is 5.41 Å². The topological polar surface area (TPSA) is 24.5 Å². The van der Waals surface area contributed by atoms with Crippen molar-refractivity contribution in [2.75, 3.05) is 27.2 Å². The second-order valence-electron chi connectivity index (χ2n) is 5.88. The van der Waals surface area contributed by atoms with E-state index in [1.165, 1.54) is 0 Å². The number of rotatable bonds is 6. The molecule has 0 amide bonds. The summed E-state index contributed by atoms with van der Waals surface area (Å²) in [7, 11) is 4.24. The van der Waals surface area contributed by atoms with Gasteiger partial charge in [-0.3, -0.25) is 0 Å². The van der Waals surface area contributed by atoms with E-state index in [1.807, 2.05) is 0 Å². The number of likely N-dealkylation sites (N-methyl/N-ethyl adjacent to an activating group) is 1. The maximum atomic E-state index is 5.74. The standard InChI is InChI=1S/C13H28N2O/c1-7-16-12-8-11(13(12,3)4)14-10(2)9-15(5)6/h10-12,14H,7-9H2,1-6H3. The molecule has 0 spiro atoms. The normalized spacial score (nSPS) is 30.2. The van der Waals surface area contributed by atoms with Crippen molar-refractivity contribution >= 4 is 0 Å². The van der Waals surface area contributed by atoms with Gasteiger partial charge >= 0.3 is 0 Å². The van der Waals surface area contributed by atoms with Crippen molar-refractivity contribution in [2.45, 2.75) is 52.3 Å². The molecule has 1 rings (SSSR count). The highest BCUT2D eigenvalue weighted by atomic mass is 16.5. The predicted octanol–water partition coefficient (Wildman–Crippen LogP) is 1.73. The van der Waals surface area contributed by atoms with Gasteiger partial charge in [0, 0.05) is 30.7 Å². The van der Waals surface area contributed by atoms with Crippen molar-refractivity contribution in [1.82, 2.24) is 10.2 Å². The molecule has 1 saturated carbocycles. The van der Waals surface area contributed by atoms with Crippen molar-refractivity contribution in [2.24, 2.45) is 5.41 Å². The first-order valence-corrected chi connectivity index (χ1v) is 6.40. The highest BCUT2D eigenvalue weighted by molar-refractivity contribution is 5.03. The summed E-state index contributed by atoms with van der Waals surface area (Å²) in [6, 6.07) is 1.14. The van der Waals surface area contributed by atoms with Crippen LogP contribution in [0.3, 0.4) is 0 Å². The Morgan fingerprint density at radius 2 is 2.06 bits per heavy atom. The smallest absolute Gasteiger partial charge is 0.0655 e. The molecule has 0 aromatic heterocycles. The van der Waals surface area contributed by atoms with E-state index in [1.54, 1.807) is 0 Å². The second-order valence-corrected chi connectivity index (χ2v) is 5.88. The van der Waals surface area contributed by atoms with Crippen LogP contribution in [0.1, 0.15) is 34.1 Å². The molecular formula is C13H28N2O. The SMILES string of the molecule is CCOC1CC(NC(C)CN(C)C)C1(C)C. The fourth-order valence-electron chi connectivity index (χ4n) is 2.60. The molecular weight excluding hydrogens is 200 g/mol. The Bertz CT molecular complexity index is 216. The van der Waals surface area contributed by atoms with Gasteiger partial charge in [-0.05, 0) is 34.4 Å². The third-order valence-electron chi connectivity index (χ3n) is 3.67. The summed E-state index contributed by atoms with van der Waals surface area (Å²) in [5.74, 6) is 0. The molecule has 1 aliphatic carbocycles. The van der Waals surface area contributed by atoms with Gasteiger partial charge < -0.3 is 15.0 Å². The van der Waals surface area contributed by atoms with Crippen LogP contribution >= 0.6 is 0 Å². The van der Waals surface area contributed by atoms with Crippen molar-refractivity contribution in [1.29, 1.82) is 0 Å². The fraction of sp³-hybridized carbons (Fsp3) is 1.00. The molecule has 0 heterocycles. The van der Waals surface area contributed by atoms with Gasteiger partial charge in [-0.2, -0.15) is 0 Å². The van der Waals surface area contributed by atoms with Crippen LogP contribution in [0.4, 0.5) is 0 Å². The summed E-state index contributed by atoms with van der Waals surface area (Å²) in [5.41, 5.74) is 0.274. The van der Waals surface area contributed by atoms with E-state index < -0.39 is 0 Å². The Morgan fingerprint density at radius 3 is 2.50 bits per heavy atom. The molecule has 1 N–H and O–H groups in total. The van der Waals surface area contributed by atoms with Gasteiger partial charge in [0.1, 0.15) is 0 Å². The number of nitrogens with zero attached hydrogens (tertiary/aromatic N) is 1. The number of hydrogen-bond acceptors (Lipinski definition) is 3. The minimum Gasteiger partial charge on any atom is -0.378 e. The van der Waals surface area contributed by atoms with Crippen LogP contribution < -0.4 is 5.32 Å². The zero-order valence-electron chi connectivity index (χ0n) is 11.7. The summed E-state index contributed by atoms with van der Waals surface area (Å²) in [4.78, 5) is 2.23. The van der Waals surface area contributed by atoms with E-state index in [0.717, 1.165) is 19.6 Å². The van der Waals surface area contributed by atoms with Crippen LogP contribution in [0.5, 0.6) is 0 Å². The zero-order chi connectivity index (χ0) is 12.3. The van der Waals surface area contributed by atoms with Gasteiger partial charge in [-0.15, -0.1) is 0 Å². The summed E-state index contributed by atoms with van der Waals surface area (Å²) in [6.07, 6.45) is 1.58. The Kier molecular flexibility index (Phi) is 4.77. The molecule has 0 bridgehead atoms. The average molecular weight is 228 g/mol. The molecule has 0 aromatic rings. The largest absolute Gasteiger partial charge is 0.378 e. The first-order valence-electron chi connectivity index (χ1n) is 6.40. The minimum absolute atomic E-state index is 0.274. The molecule has 0 saturated heterocycles. The zero-order valence-corrected chi connectivity index (χ0v) is 11.7. The number of ether oxygens (including phenoxy) is 1. The Labute approximate surface area is 101 Å². The summed E-state index contributed by atoms with van der Waals surface area (Å²) in [5, 5.41) is 3.70. The van der Waals surface area contributed by atoms with Crippen LogP contribution in [0.25, 0.3) is 0 Å². The van der Waals surface area contributed by atoms with Gasteiger partial charge in [0.05, 0.1) is 6.10 Å². The van der Waals surface area contributed by atoms with Crippen LogP contribution in [-0.2, 0) is 4.74 Å². The van der Waals surface area contributed by atoms with Gasteiger partial charge in [0.15, 0.2) is 0 Å². The Hall–Kier alpha value is -0.120. The number of hydrogen-bond donors (Lipinski definition) is 1. The molecule has 0 aromatic carbocycles. The van der Waals surface area contributed by atoms with Crippen molar-refractivity contribution in [3.8, 4) is 0 Å². The van der Waals surface area contributed by atoms with E-state index in [9.17, 15) is 0 Å². The lowest BCUT2D eigenvalue weighted by molar-refractivity contribution is -0.116. The molecule has 16 heavy (non-hydrogen) atoms. The van der Waals surface area contributed by atoms with Crippen molar-refractivity contribution < 1.29 is 4.74 Å². The molecule has 3 heteroatoms. The van der Waals surface area contributed by atoms with E-state index in [-0.39, 0.29) is 5.41 Å². The van der Waals surface area contributed by atoms with Gasteiger partial charge in [0.25, 0.3) is 0 Å². The third kappa shape index (κ3) is 3.19. The molecule has 0 aliphatic heterocycles. The van der Waals surface area contributed by atoms with Gasteiger partial charge in [-0.1, -0.05) is 13.8 Å². The molecule has 0 radical (unpaired) electrons. The highest BCUT2D eigenvalue weighted by Gasteiger charge is 2.48. The second kappa shape index (κ2) is 5.48. The predicted molar refractivity (Wildman–Crippen MR) is 68.8 cm³/mol. The number of nitrogens with one attached hydrogen (secondary N) is 1. The Morgan fingerprint density at radius 1 is 1.44 bits per heavy atom. The lowest BCUT2D eigenvalue weighted by atomic mass is 9.64. The van der Waals surface area contributed by atoms with Gasteiger partial charge in [-0.25, -0.2) is 0 Å². The maximum Gasteiger partial charge on any atom is 0.0655 e. The molecule has 1 fully saturated rings. The molecule has 96 valence electrons. The van der Waals surface area contributed by atoms with E-state index in [0.29, 0.717) is 18.2 Å². The molecule has 3 unspecified atom stereocenters. The Balaban J connectivity index is 2.35. The lowest BCUT2D eigenvalue weighted by Gasteiger charge is -2.52. The molecule has 3 atom stereocenters. The monoisotopic (exact) mass is 228 g/mol. The van der Waals surface area contributed by atoms with Gasteiger partial charge in [0.2, 0.25) is 0 Å². The third-order valence-corrected chi connectivity index (χ3v) is 3.67. The minimum atomic E-state index is 0.274. The van der Waals surface area contributed by atoms with Crippen molar-refractivity contribution in [3.63, 3.8) is 0 Å². The lowest BCUT2D eigenvalue weighted by Crippen LogP contribution is -2.63. The molecule has 3 nitrogen and oxygen atoms in total. The fourth-order valence-corrected chi connectivity index (χ4v) is 2.60. The van der Waals surface area contributed by atoms with E-state index in [2.05, 4.69) is 52.0 Å². The van der Waals surface area contributed by atoms with Crippen molar-refractivity contribution in [3.05, 3.63) is 0 Å². The highest BCUT2D eigenvalue weighted by Crippen LogP contribution is 2.42. The summed E-state index contributed by atoms with van der Waals surface area (Å²) >= 11 is 0. The average Bonchev–Trinajstić information content (AvgIpc) is 2.15. The van der Waals surface area contributed by atoms with E-state index in [4.69, 9.17) is 4.74 Å².